The van der Waals surface area contributed by atoms with Crippen LogP contribution in [0.3, 0.4) is 0 Å². The van der Waals surface area contributed by atoms with Crippen LogP contribution in [0.1, 0.15) is 78.1 Å². The van der Waals surface area contributed by atoms with E-state index in [0.29, 0.717) is 11.8 Å². The molecule has 0 aromatic heterocycles. The number of ether oxygens (including phenoxy) is 2. The molecule has 134 valence electrons. The van der Waals surface area contributed by atoms with Gasteiger partial charge in [-0.15, -0.1) is 0 Å². The predicted molar refractivity (Wildman–Crippen MR) is 90.2 cm³/mol. The summed E-state index contributed by atoms with van der Waals surface area (Å²) in [5.41, 5.74) is 0. The lowest BCUT2D eigenvalue weighted by Crippen LogP contribution is -2.43. The fourth-order valence-corrected chi connectivity index (χ4v) is 3.93. The number of carboxylic acid groups (broad SMARTS) is 1. The van der Waals surface area contributed by atoms with Crippen molar-refractivity contribution in [3.05, 3.63) is 0 Å². The average Bonchev–Trinajstić information content (AvgIpc) is 2.56. The molecule has 0 amide bonds. The molecule has 23 heavy (non-hydrogen) atoms. The van der Waals surface area contributed by atoms with Gasteiger partial charge in [-0.05, 0) is 39.0 Å². The van der Waals surface area contributed by atoms with Crippen LogP contribution in [0.15, 0.2) is 0 Å². The zero-order chi connectivity index (χ0) is 16.7. The summed E-state index contributed by atoms with van der Waals surface area (Å²) in [4.78, 5) is 11.0. The van der Waals surface area contributed by atoms with Crippen molar-refractivity contribution in [3.8, 4) is 0 Å². The van der Waals surface area contributed by atoms with E-state index in [4.69, 9.17) is 14.6 Å². The third kappa shape index (κ3) is 5.75. The van der Waals surface area contributed by atoms with Crippen molar-refractivity contribution in [1.82, 2.24) is 0 Å². The SMILES string of the molecule is CCCCCCCC1COC(C2CCC(C(=O)O)CC2)OC1C. The monoisotopic (exact) mass is 326 g/mol. The lowest BCUT2D eigenvalue weighted by molar-refractivity contribution is -0.257. The van der Waals surface area contributed by atoms with Crippen molar-refractivity contribution in [1.29, 1.82) is 0 Å². The Labute approximate surface area is 140 Å². The molecule has 1 saturated heterocycles. The maximum absolute atomic E-state index is 11.0. The molecule has 0 spiro atoms. The van der Waals surface area contributed by atoms with Crippen molar-refractivity contribution < 1.29 is 19.4 Å². The van der Waals surface area contributed by atoms with Gasteiger partial charge in [0.2, 0.25) is 0 Å². The molecular weight excluding hydrogens is 292 g/mol. The van der Waals surface area contributed by atoms with Crippen LogP contribution >= 0.6 is 0 Å². The van der Waals surface area contributed by atoms with Crippen LogP contribution in [0.25, 0.3) is 0 Å². The quantitative estimate of drug-likeness (QED) is 0.661. The van der Waals surface area contributed by atoms with Crippen LogP contribution in [0.4, 0.5) is 0 Å². The Morgan fingerprint density at radius 2 is 1.78 bits per heavy atom. The molecule has 0 aromatic carbocycles. The predicted octanol–water partition coefficient (Wildman–Crippen LogP) is 4.62. The molecule has 1 aliphatic carbocycles. The summed E-state index contributed by atoms with van der Waals surface area (Å²) in [7, 11) is 0. The number of carboxylic acids is 1. The second-order valence-electron chi connectivity index (χ2n) is 7.46. The fraction of sp³-hybridized carbons (Fsp3) is 0.947. The molecule has 1 N–H and O–H groups in total. The van der Waals surface area contributed by atoms with Crippen molar-refractivity contribution in [2.45, 2.75) is 90.4 Å². The Balaban J connectivity index is 1.66. The Hall–Kier alpha value is -0.610. The molecule has 2 aliphatic rings. The van der Waals surface area contributed by atoms with E-state index >= 15 is 0 Å². The van der Waals surface area contributed by atoms with E-state index in [1.165, 1.54) is 38.5 Å². The van der Waals surface area contributed by atoms with E-state index in [1.807, 2.05) is 0 Å². The number of hydrogen-bond acceptors (Lipinski definition) is 3. The number of unbranched alkanes of at least 4 members (excludes halogenated alkanes) is 4. The lowest BCUT2D eigenvalue weighted by Gasteiger charge is -2.40. The zero-order valence-electron chi connectivity index (χ0n) is 14.8. The van der Waals surface area contributed by atoms with Gasteiger partial charge in [-0.25, -0.2) is 0 Å². The average molecular weight is 326 g/mol. The molecule has 4 heteroatoms. The highest BCUT2D eigenvalue weighted by Gasteiger charge is 2.36. The van der Waals surface area contributed by atoms with Crippen LogP contribution in [0.5, 0.6) is 0 Å². The van der Waals surface area contributed by atoms with Gasteiger partial charge in [-0.3, -0.25) is 4.79 Å². The van der Waals surface area contributed by atoms with E-state index in [0.717, 1.165) is 32.3 Å². The summed E-state index contributed by atoms with van der Waals surface area (Å²) in [6.07, 6.45) is 11.3. The summed E-state index contributed by atoms with van der Waals surface area (Å²) in [6, 6.07) is 0. The first-order chi connectivity index (χ1) is 11.1. The van der Waals surface area contributed by atoms with Crippen LogP contribution in [-0.4, -0.2) is 30.1 Å². The molecule has 1 heterocycles. The Morgan fingerprint density at radius 3 is 2.39 bits per heavy atom. The van der Waals surface area contributed by atoms with Gasteiger partial charge >= 0.3 is 5.97 Å². The normalized spacial score (nSPS) is 35.1. The van der Waals surface area contributed by atoms with Gasteiger partial charge in [0.1, 0.15) is 0 Å². The number of carbonyl (C=O) groups is 1. The minimum Gasteiger partial charge on any atom is -0.481 e. The fourth-order valence-electron chi connectivity index (χ4n) is 3.93. The van der Waals surface area contributed by atoms with Gasteiger partial charge in [0, 0.05) is 11.8 Å². The second kappa shape index (κ2) is 9.63. The first kappa shape index (κ1) is 18.7. The summed E-state index contributed by atoms with van der Waals surface area (Å²) in [5.74, 6) is 0.0790. The first-order valence-corrected chi connectivity index (χ1v) is 9.61. The van der Waals surface area contributed by atoms with Gasteiger partial charge in [-0.2, -0.15) is 0 Å². The zero-order valence-corrected chi connectivity index (χ0v) is 14.8. The van der Waals surface area contributed by atoms with Gasteiger partial charge in [0.25, 0.3) is 0 Å². The van der Waals surface area contributed by atoms with E-state index in [9.17, 15) is 4.79 Å². The largest absolute Gasteiger partial charge is 0.481 e. The highest BCUT2D eigenvalue weighted by molar-refractivity contribution is 5.69. The first-order valence-electron chi connectivity index (χ1n) is 9.61. The third-order valence-electron chi connectivity index (χ3n) is 5.67. The van der Waals surface area contributed by atoms with Gasteiger partial charge in [-0.1, -0.05) is 39.0 Å². The number of hydrogen-bond donors (Lipinski definition) is 1. The van der Waals surface area contributed by atoms with Crippen LogP contribution in [0.2, 0.25) is 0 Å². The minimum atomic E-state index is -0.648. The molecule has 0 radical (unpaired) electrons. The molecule has 0 bridgehead atoms. The van der Waals surface area contributed by atoms with Crippen LogP contribution in [0, 0.1) is 17.8 Å². The van der Waals surface area contributed by atoms with Gasteiger partial charge in [0.15, 0.2) is 6.29 Å². The Bertz CT molecular complexity index is 349. The summed E-state index contributed by atoms with van der Waals surface area (Å²) in [6.45, 7) is 5.22. The molecule has 0 aromatic rings. The van der Waals surface area contributed by atoms with E-state index < -0.39 is 5.97 Å². The topological polar surface area (TPSA) is 55.8 Å². The molecule has 1 saturated carbocycles. The molecular formula is C19H34O4. The number of rotatable bonds is 8. The van der Waals surface area contributed by atoms with Gasteiger partial charge in [0.05, 0.1) is 18.6 Å². The standard InChI is InChI=1S/C19H34O4/c1-3-4-5-6-7-8-17-13-22-19(23-14(17)2)16-11-9-15(10-12-16)18(20)21/h14-17,19H,3-13H2,1-2H3,(H,20,21). The van der Waals surface area contributed by atoms with E-state index in [2.05, 4.69) is 13.8 Å². The van der Waals surface area contributed by atoms with Crippen LogP contribution in [-0.2, 0) is 14.3 Å². The molecule has 2 rings (SSSR count). The highest BCUT2D eigenvalue weighted by Crippen LogP contribution is 2.36. The molecule has 2 fully saturated rings. The molecule has 3 atom stereocenters. The molecule has 1 aliphatic heterocycles. The maximum atomic E-state index is 11.0. The summed E-state index contributed by atoms with van der Waals surface area (Å²) >= 11 is 0. The smallest absolute Gasteiger partial charge is 0.306 e. The number of aliphatic carboxylic acids is 1. The maximum Gasteiger partial charge on any atom is 0.306 e. The van der Waals surface area contributed by atoms with Crippen molar-refractivity contribution >= 4 is 5.97 Å². The molecule has 3 unspecified atom stereocenters. The summed E-state index contributed by atoms with van der Waals surface area (Å²) in [5, 5.41) is 9.09. The molecule has 4 nitrogen and oxygen atoms in total. The summed E-state index contributed by atoms with van der Waals surface area (Å²) < 4.78 is 12.1. The van der Waals surface area contributed by atoms with E-state index in [1.54, 1.807) is 0 Å². The lowest BCUT2D eigenvalue weighted by atomic mass is 9.81. The van der Waals surface area contributed by atoms with Crippen molar-refractivity contribution in [3.63, 3.8) is 0 Å². The van der Waals surface area contributed by atoms with Gasteiger partial charge < -0.3 is 14.6 Å². The minimum absolute atomic E-state index is 0.115. The van der Waals surface area contributed by atoms with Crippen molar-refractivity contribution in [2.75, 3.05) is 6.61 Å². The highest BCUT2D eigenvalue weighted by atomic mass is 16.7. The Morgan fingerprint density at radius 1 is 1.09 bits per heavy atom. The second-order valence-corrected chi connectivity index (χ2v) is 7.46. The third-order valence-corrected chi connectivity index (χ3v) is 5.67. The van der Waals surface area contributed by atoms with E-state index in [-0.39, 0.29) is 18.3 Å². The van der Waals surface area contributed by atoms with Crippen molar-refractivity contribution in [2.24, 2.45) is 17.8 Å². The van der Waals surface area contributed by atoms with Crippen LogP contribution < -0.4 is 0 Å². The Kier molecular flexibility index (Phi) is 7.84.